The highest BCUT2D eigenvalue weighted by Crippen LogP contribution is 2.36. The fourth-order valence-corrected chi connectivity index (χ4v) is 3.32. The van der Waals surface area contributed by atoms with Crippen molar-refractivity contribution in [2.75, 3.05) is 0 Å². The molecule has 1 N–H and O–H groups in total. The number of aryl methyl sites for hydroxylation is 1. The molecule has 2 unspecified atom stereocenters. The zero-order valence-corrected chi connectivity index (χ0v) is 11.5. The molecule has 2 aliphatic rings. The summed E-state index contributed by atoms with van der Waals surface area (Å²) in [5.41, 5.74) is 3.14. The van der Waals surface area contributed by atoms with Gasteiger partial charge in [-0.3, -0.25) is 0 Å². The lowest BCUT2D eigenvalue weighted by Gasteiger charge is -2.30. The normalized spacial score (nSPS) is 24.6. The van der Waals surface area contributed by atoms with Crippen LogP contribution in [0.3, 0.4) is 0 Å². The Morgan fingerprint density at radius 2 is 2.06 bits per heavy atom. The smallest absolute Gasteiger partial charge is 0.0325 e. The summed E-state index contributed by atoms with van der Waals surface area (Å²) < 4.78 is 0. The summed E-state index contributed by atoms with van der Waals surface area (Å²) in [6.07, 6.45) is 9.55. The number of benzene rings is 1. The molecule has 0 bridgehead atoms. The third kappa shape index (κ3) is 2.77. The Bertz CT molecular complexity index is 394. The van der Waals surface area contributed by atoms with E-state index < -0.39 is 0 Å². The molecule has 0 spiro atoms. The average Bonchev–Trinajstić information content (AvgIpc) is 3.22. The Balaban J connectivity index is 1.68. The minimum absolute atomic E-state index is 0.610. The minimum Gasteiger partial charge on any atom is -0.307 e. The first-order valence-electron chi connectivity index (χ1n) is 7.70. The summed E-state index contributed by atoms with van der Waals surface area (Å²) in [5.74, 6) is 1.03. The molecule has 0 radical (unpaired) electrons. The molecule has 1 aromatic rings. The van der Waals surface area contributed by atoms with Gasteiger partial charge in [-0.2, -0.15) is 0 Å². The monoisotopic (exact) mass is 243 g/mol. The quantitative estimate of drug-likeness (QED) is 0.816. The van der Waals surface area contributed by atoms with Gasteiger partial charge in [0.15, 0.2) is 0 Å². The van der Waals surface area contributed by atoms with E-state index in [1.54, 1.807) is 11.1 Å². The molecule has 0 saturated heterocycles. The van der Waals surface area contributed by atoms with E-state index in [0.717, 1.165) is 12.0 Å². The van der Waals surface area contributed by atoms with Crippen molar-refractivity contribution in [3.8, 4) is 0 Å². The second-order valence-corrected chi connectivity index (χ2v) is 6.09. The maximum Gasteiger partial charge on any atom is 0.0325 e. The molecule has 2 atom stereocenters. The predicted octanol–water partition coefficient (Wildman–Crippen LogP) is 4.23. The summed E-state index contributed by atoms with van der Waals surface area (Å²) in [6, 6.07) is 10.4. The van der Waals surface area contributed by atoms with Crippen LogP contribution in [0.4, 0.5) is 0 Å². The van der Waals surface area contributed by atoms with Crippen molar-refractivity contribution in [1.82, 2.24) is 5.32 Å². The zero-order chi connectivity index (χ0) is 12.4. The second-order valence-electron chi connectivity index (χ2n) is 6.09. The highest BCUT2D eigenvalue weighted by molar-refractivity contribution is 5.32. The fraction of sp³-hybridized carbons (Fsp3) is 0.647. The first-order valence-corrected chi connectivity index (χ1v) is 7.70. The van der Waals surface area contributed by atoms with Gasteiger partial charge in [0.25, 0.3) is 0 Å². The first-order chi connectivity index (χ1) is 8.86. The van der Waals surface area contributed by atoms with Crippen LogP contribution in [0.1, 0.15) is 62.6 Å². The molecule has 2 aliphatic carbocycles. The summed E-state index contributed by atoms with van der Waals surface area (Å²) >= 11 is 0. The van der Waals surface area contributed by atoms with Gasteiger partial charge in [0.2, 0.25) is 0 Å². The number of fused-ring (bicyclic) bond motifs is 1. The van der Waals surface area contributed by atoms with E-state index in [4.69, 9.17) is 0 Å². The molecule has 1 fully saturated rings. The second kappa shape index (κ2) is 5.44. The van der Waals surface area contributed by atoms with Crippen molar-refractivity contribution in [3.05, 3.63) is 35.4 Å². The number of nitrogens with one attached hydrogen (secondary N) is 1. The van der Waals surface area contributed by atoms with Crippen molar-refractivity contribution >= 4 is 0 Å². The van der Waals surface area contributed by atoms with Gasteiger partial charge in [-0.1, -0.05) is 44.0 Å². The van der Waals surface area contributed by atoms with Crippen LogP contribution in [0.5, 0.6) is 0 Å². The molecular weight excluding hydrogens is 218 g/mol. The van der Waals surface area contributed by atoms with E-state index in [1.165, 1.54) is 44.9 Å². The van der Waals surface area contributed by atoms with Crippen LogP contribution < -0.4 is 5.32 Å². The highest BCUT2D eigenvalue weighted by atomic mass is 15.0. The summed E-state index contributed by atoms with van der Waals surface area (Å²) in [5, 5.41) is 3.93. The van der Waals surface area contributed by atoms with Crippen LogP contribution in [0.25, 0.3) is 0 Å². The van der Waals surface area contributed by atoms with E-state index in [9.17, 15) is 0 Å². The fourth-order valence-electron chi connectivity index (χ4n) is 3.32. The number of hydrogen-bond acceptors (Lipinski definition) is 1. The van der Waals surface area contributed by atoms with Gasteiger partial charge in [-0.05, 0) is 49.1 Å². The molecule has 1 nitrogen and oxygen atoms in total. The van der Waals surface area contributed by atoms with Crippen LogP contribution in [0, 0.1) is 5.92 Å². The molecule has 18 heavy (non-hydrogen) atoms. The topological polar surface area (TPSA) is 12.0 Å². The van der Waals surface area contributed by atoms with Crippen LogP contribution >= 0.6 is 0 Å². The van der Waals surface area contributed by atoms with Gasteiger partial charge in [-0.15, -0.1) is 0 Å². The maximum absolute atomic E-state index is 3.93. The Hall–Kier alpha value is -0.820. The largest absolute Gasteiger partial charge is 0.307 e. The lowest BCUT2D eigenvalue weighted by Crippen LogP contribution is -2.34. The third-order valence-corrected chi connectivity index (χ3v) is 4.61. The molecule has 1 heteroatoms. The lowest BCUT2D eigenvalue weighted by atomic mass is 9.87. The van der Waals surface area contributed by atoms with E-state index in [2.05, 4.69) is 36.5 Å². The first kappa shape index (κ1) is 12.2. The summed E-state index contributed by atoms with van der Waals surface area (Å²) in [7, 11) is 0. The van der Waals surface area contributed by atoms with Gasteiger partial charge in [-0.25, -0.2) is 0 Å². The third-order valence-electron chi connectivity index (χ3n) is 4.61. The van der Waals surface area contributed by atoms with Gasteiger partial charge in [0.1, 0.15) is 0 Å². The van der Waals surface area contributed by atoms with Crippen LogP contribution in [-0.2, 0) is 6.42 Å². The highest BCUT2D eigenvalue weighted by Gasteiger charge is 2.27. The Kier molecular flexibility index (Phi) is 3.69. The molecule has 0 amide bonds. The van der Waals surface area contributed by atoms with Crippen molar-refractivity contribution in [2.45, 2.75) is 64.0 Å². The van der Waals surface area contributed by atoms with Gasteiger partial charge in [0, 0.05) is 12.1 Å². The predicted molar refractivity (Wildman–Crippen MR) is 76.7 cm³/mol. The van der Waals surface area contributed by atoms with Crippen molar-refractivity contribution in [2.24, 2.45) is 5.92 Å². The van der Waals surface area contributed by atoms with E-state index in [-0.39, 0.29) is 0 Å². The van der Waals surface area contributed by atoms with Gasteiger partial charge in [0.05, 0.1) is 0 Å². The molecule has 1 aromatic carbocycles. The molecular formula is C17H25N. The SMILES string of the molecule is CCC(CC1CC1)NC1CCCc2ccccc21. The van der Waals surface area contributed by atoms with Crippen molar-refractivity contribution in [3.63, 3.8) is 0 Å². The van der Waals surface area contributed by atoms with Gasteiger partial charge < -0.3 is 5.32 Å². The number of hydrogen-bond donors (Lipinski definition) is 1. The molecule has 3 rings (SSSR count). The Labute approximate surface area is 111 Å². The van der Waals surface area contributed by atoms with E-state index in [1.807, 2.05) is 0 Å². The molecule has 0 aromatic heterocycles. The molecule has 98 valence electrons. The van der Waals surface area contributed by atoms with Crippen LogP contribution in [-0.4, -0.2) is 6.04 Å². The average molecular weight is 243 g/mol. The van der Waals surface area contributed by atoms with E-state index >= 15 is 0 Å². The van der Waals surface area contributed by atoms with Crippen molar-refractivity contribution < 1.29 is 0 Å². The standard InChI is InChI=1S/C17H25N/c1-2-15(12-13-10-11-13)18-17-9-5-7-14-6-3-4-8-16(14)17/h3-4,6,8,13,15,17-18H,2,5,7,9-12H2,1H3. The summed E-state index contributed by atoms with van der Waals surface area (Å²) in [6.45, 7) is 2.33. The molecule has 0 aliphatic heterocycles. The molecule has 1 saturated carbocycles. The van der Waals surface area contributed by atoms with Gasteiger partial charge >= 0.3 is 0 Å². The van der Waals surface area contributed by atoms with Crippen LogP contribution in [0.2, 0.25) is 0 Å². The Morgan fingerprint density at radius 1 is 1.22 bits per heavy atom. The van der Waals surface area contributed by atoms with Crippen LogP contribution in [0.15, 0.2) is 24.3 Å². The lowest BCUT2D eigenvalue weighted by molar-refractivity contribution is 0.361. The van der Waals surface area contributed by atoms with Crippen molar-refractivity contribution in [1.29, 1.82) is 0 Å². The number of rotatable bonds is 5. The van der Waals surface area contributed by atoms with E-state index in [0.29, 0.717) is 6.04 Å². The minimum atomic E-state index is 0.610. The summed E-state index contributed by atoms with van der Waals surface area (Å²) in [4.78, 5) is 0. The maximum atomic E-state index is 3.93. The Morgan fingerprint density at radius 3 is 2.83 bits per heavy atom. The zero-order valence-electron chi connectivity index (χ0n) is 11.5. The molecule has 0 heterocycles.